The Morgan fingerprint density at radius 2 is 1.27 bits per heavy atom. The van der Waals surface area contributed by atoms with Gasteiger partial charge in [0, 0.05) is 30.8 Å². The first kappa shape index (κ1) is 49.5. The first-order valence-corrected chi connectivity index (χ1v) is 20.6. The van der Waals surface area contributed by atoms with Crippen LogP contribution in [0.15, 0.2) is 134 Å². The SMILES string of the molecule is CCC=CCC=CCC=CCC=CCC=CCCCC(=O)OCC(C)(C)C(OC(=O)c1cccnc1)C(=O)NCCC(=O)Oc1ccccc1C(=O)Oc1ccccc1C(=O)O. The van der Waals surface area contributed by atoms with Crippen molar-refractivity contribution in [2.24, 2.45) is 5.41 Å². The lowest BCUT2D eigenvalue weighted by molar-refractivity contribution is -0.153. The first-order chi connectivity index (χ1) is 29.9. The molecule has 0 radical (unpaired) electrons. The number of ether oxygens (including phenoxy) is 4. The van der Waals surface area contributed by atoms with Gasteiger partial charge in [-0.2, -0.15) is 0 Å². The van der Waals surface area contributed by atoms with Gasteiger partial charge in [0.2, 0.25) is 0 Å². The third-order valence-corrected chi connectivity index (χ3v) is 8.86. The van der Waals surface area contributed by atoms with Crippen molar-refractivity contribution in [3.63, 3.8) is 0 Å². The molecule has 0 aliphatic heterocycles. The summed E-state index contributed by atoms with van der Waals surface area (Å²) in [6.07, 6.45) is 28.1. The van der Waals surface area contributed by atoms with Gasteiger partial charge in [0.25, 0.3) is 5.91 Å². The number of nitrogens with zero attached hydrogens (tertiary/aromatic N) is 1. The van der Waals surface area contributed by atoms with Crippen molar-refractivity contribution in [3.8, 4) is 11.5 Å². The van der Waals surface area contributed by atoms with Gasteiger partial charge in [-0.3, -0.25) is 19.4 Å². The summed E-state index contributed by atoms with van der Waals surface area (Å²) < 4.78 is 21.9. The number of carboxylic acids is 1. The number of benzene rings is 2. The highest BCUT2D eigenvalue weighted by Crippen LogP contribution is 2.27. The van der Waals surface area contributed by atoms with E-state index >= 15 is 0 Å². The fourth-order valence-corrected chi connectivity index (χ4v) is 5.54. The van der Waals surface area contributed by atoms with Crippen LogP contribution in [-0.2, 0) is 23.9 Å². The lowest BCUT2D eigenvalue weighted by Crippen LogP contribution is -2.49. The maximum Gasteiger partial charge on any atom is 0.347 e. The van der Waals surface area contributed by atoms with Crippen LogP contribution in [-0.4, -0.2) is 65.1 Å². The normalized spacial score (nSPS) is 12.2. The van der Waals surface area contributed by atoms with Crippen molar-refractivity contribution in [1.82, 2.24) is 10.3 Å². The Morgan fingerprint density at radius 1 is 0.694 bits per heavy atom. The zero-order valence-electron chi connectivity index (χ0n) is 35.5. The van der Waals surface area contributed by atoms with Crippen LogP contribution in [0.5, 0.6) is 11.5 Å². The number of amides is 1. The summed E-state index contributed by atoms with van der Waals surface area (Å²) in [4.78, 5) is 80.6. The number of hydrogen-bond acceptors (Lipinski definition) is 11. The van der Waals surface area contributed by atoms with Crippen LogP contribution in [0.1, 0.15) is 110 Å². The zero-order chi connectivity index (χ0) is 45.0. The summed E-state index contributed by atoms with van der Waals surface area (Å²) in [6.45, 7) is 4.84. The monoisotopic (exact) mass is 848 g/mol. The van der Waals surface area contributed by atoms with Crippen molar-refractivity contribution in [3.05, 3.63) is 151 Å². The standard InChI is InChI=1S/C49H56N2O11/c1-4-5-6-7-8-9-10-11-12-13-14-15-16-17-18-19-20-31-42(52)59-36-49(2,3)44(62-47(57)37-26-25-33-50-35-37)45(54)51-34-32-43(53)60-41-30-24-22-28-39(41)48(58)61-40-29-23-21-27-38(40)46(55)56/h5-6,8-9,11-12,14-15,17-18,21-30,33,35,44H,4,7,10,13,16,19-20,31-32,34,36H2,1-3H3,(H,51,54)(H,55,56). The molecule has 2 aromatic carbocycles. The van der Waals surface area contributed by atoms with Gasteiger partial charge in [-0.25, -0.2) is 14.4 Å². The fraction of sp³-hybridized carbons (Fsp3) is 0.327. The number of carboxylic acid groups (broad SMARTS) is 1. The second kappa shape index (κ2) is 27.8. The van der Waals surface area contributed by atoms with Crippen molar-refractivity contribution in [1.29, 1.82) is 0 Å². The number of hydrogen-bond donors (Lipinski definition) is 2. The number of aromatic nitrogens is 1. The molecule has 1 aromatic heterocycles. The Kier molecular flexibility index (Phi) is 22.2. The molecule has 3 rings (SSSR count). The fourth-order valence-electron chi connectivity index (χ4n) is 5.54. The largest absolute Gasteiger partial charge is 0.478 e. The molecule has 0 saturated heterocycles. The van der Waals surface area contributed by atoms with E-state index in [0.717, 1.165) is 32.1 Å². The Bertz CT molecular complexity index is 2080. The summed E-state index contributed by atoms with van der Waals surface area (Å²) in [6, 6.07) is 14.3. The lowest BCUT2D eigenvalue weighted by atomic mass is 9.86. The van der Waals surface area contributed by atoms with Crippen molar-refractivity contribution < 1.29 is 52.8 Å². The molecule has 1 heterocycles. The van der Waals surface area contributed by atoms with Crippen molar-refractivity contribution in [2.75, 3.05) is 13.2 Å². The minimum Gasteiger partial charge on any atom is -0.478 e. The summed E-state index contributed by atoms with van der Waals surface area (Å²) in [5.41, 5.74) is -1.48. The zero-order valence-corrected chi connectivity index (χ0v) is 35.5. The summed E-state index contributed by atoms with van der Waals surface area (Å²) >= 11 is 0. The average Bonchev–Trinajstić information content (AvgIpc) is 3.26. The van der Waals surface area contributed by atoms with Gasteiger partial charge in [0.05, 0.1) is 12.0 Å². The molecule has 0 fully saturated rings. The van der Waals surface area contributed by atoms with Crippen LogP contribution in [0.25, 0.3) is 0 Å². The number of aromatic carboxylic acids is 1. The molecule has 1 amide bonds. The second-order valence-electron chi connectivity index (χ2n) is 14.5. The van der Waals surface area contributed by atoms with E-state index in [-0.39, 0.29) is 54.2 Å². The van der Waals surface area contributed by atoms with E-state index < -0.39 is 47.3 Å². The van der Waals surface area contributed by atoms with E-state index in [4.69, 9.17) is 18.9 Å². The van der Waals surface area contributed by atoms with Gasteiger partial charge in [-0.15, -0.1) is 0 Å². The highest BCUT2D eigenvalue weighted by molar-refractivity contribution is 5.97. The van der Waals surface area contributed by atoms with Crippen LogP contribution >= 0.6 is 0 Å². The molecular weight excluding hydrogens is 793 g/mol. The Balaban J connectivity index is 1.49. The Morgan fingerprint density at radius 3 is 1.87 bits per heavy atom. The minimum atomic E-state index is -1.45. The number of pyridine rings is 1. The minimum absolute atomic E-state index is 0.0976. The van der Waals surface area contributed by atoms with Crippen LogP contribution in [0.2, 0.25) is 0 Å². The van der Waals surface area contributed by atoms with Crippen LogP contribution in [0.4, 0.5) is 0 Å². The molecule has 1 unspecified atom stereocenters. The van der Waals surface area contributed by atoms with E-state index in [9.17, 15) is 33.9 Å². The predicted octanol–water partition coefficient (Wildman–Crippen LogP) is 9.13. The smallest absolute Gasteiger partial charge is 0.347 e. The number of esters is 4. The van der Waals surface area contributed by atoms with Gasteiger partial charge in [-0.05, 0) is 81.3 Å². The quantitative estimate of drug-likeness (QED) is 0.0339. The maximum atomic E-state index is 13.6. The van der Waals surface area contributed by atoms with E-state index in [1.165, 1.54) is 73.1 Å². The highest BCUT2D eigenvalue weighted by Gasteiger charge is 2.40. The molecule has 1 atom stereocenters. The van der Waals surface area contributed by atoms with E-state index in [0.29, 0.717) is 12.8 Å². The summed E-state index contributed by atoms with van der Waals surface area (Å²) in [7, 11) is 0. The number of rotatable bonds is 26. The molecule has 0 aliphatic carbocycles. The predicted molar refractivity (Wildman–Crippen MR) is 235 cm³/mol. The number of nitrogens with one attached hydrogen (secondary N) is 1. The topological polar surface area (TPSA) is 184 Å². The molecular formula is C49H56N2O11. The van der Waals surface area contributed by atoms with E-state index in [1.807, 2.05) is 12.2 Å². The molecule has 0 aliphatic rings. The van der Waals surface area contributed by atoms with Gasteiger partial charge in [0.1, 0.15) is 29.2 Å². The van der Waals surface area contributed by atoms with Crippen LogP contribution < -0.4 is 14.8 Å². The number of carbonyl (C=O) groups excluding carboxylic acids is 5. The molecule has 62 heavy (non-hydrogen) atoms. The Labute approximate surface area is 363 Å². The molecule has 0 saturated carbocycles. The summed E-state index contributed by atoms with van der Waals surface area (Å²) in [5, 5.41) is 12.0. The van der Waals surface area contributed by atoms with Crippen molar-refractivity contribution >= 4 is 35.8 Å². The molecule has 2 N–H and O–H groups in total. The van der Waals surface area contributed by atoms with Gasteiger partial charge >= 0.3 is 29.8 Å². The third kappa shape index (κ3) is 18.6. The molecule has 0 spiro atoms. The average molecular weight is 849 g/mol. The number of para-hydroxylation sites is 2. The first-order valence-electron chi connectivity index (χ1n) is 20.6. The van der Waals surface area contributed by atoms with Crippen LogP contribution in [0.3, 0.4) is 0 Å². The Hall–Kier alpha value is -6.89. The number of unbranched alkanes of at least 4 members (excludes halogenated alkanes) is 1. The van der Waals surface area contributed by atoms with Gasteiger partial charge < -0.3 is 29.4 Å². The maximum absolute atomic E-state index is 13.6. The number of allylic oxidation sites excluding steroid dienone is 10. The molecule has 0 bridgehead atoms. The lowest BCUT2D eigenvalue weighted by Gasteiger charge is -2.32. The molecule has 13 nitrogen and oxygen atoms in total. The highest BCUT2D eigenvalue weighted by atomic mass is 16.6. The van der Waals surface area contributed by atoms with E-state index in [1.54, 1.807) is 13.8 Å². The van der Waals surface area contributed by atoms with Gasteiger partial charge in [-0.1, -0.05) is 106 Å². The molecule has 13 heteroatoms. The third-order valence-electron chi connectivity index (χ3n) is 8.86. The second-order valence-corrected chi connectivity index (χ2v) is 14.5. The van der Waals surface area contributed by atoms with Crippen molar-refractivity contribution in [2.45, 2.75) is 84.7 Å². The van der Waals surface area contributed by atoms with E-state index in [2.05, 4.69) is 65.8 Å². The number of carbonyl (C=O) groups is 6. The van der Waals surface area contributed by atoms with Gasteiger partial charge in [0.15, 0.2) is 6.10 Å². The molecule has 3 aromatic rings. The molecule has 328 valence electrons. The summed E-state index contributed by atoms with van der Waals surface area (Å²) in [5.74, 6) is -5.47. The van der Waals surface area contributed by atoms with Crippen LogP contribution in [0, 0.1) is 5.41 Å².